The molecule has 1 amide bonds. The summed E-state index contributed by atoms with van der Waals surface area (Å²) in [6, 6.07) is 21.0. The monoisotopic (exact) mass is 372 g/mol. The molecule has 0 atom stereocenters. The summed E-state index contributed by atoms with van der Waals surface area (Å²) in [5.41, 5.74) is 3.02. The van der Waals surface area contributed by atoms with Crippen LogP contribution < -0.4 is 10.1 Å². The predicted octanol–water partition coefficient (Wildman–Crippen LogP) is 5.28. The fourth-order valence-corrected chi connectivity index (χ4v) is 3.06. The molecule has 1 N–H and O–H groups in total. The number of rotatable bonds is 5. The van der Waals surface area contributed by atoms with E-state index in [-0.39, 0.29) is 5.91 Å². The molecule has 3 aromatic carbocycles. The van der Waals surface area contributed by atoms with E-state index in [4.69, 9.17) is 9.26 Å². The number of fused-ring (bicyclic) bond motifs is 1. The van der Waals surface area contributed by atoms with Crippen molar-refractivity contribution in [2.45, 2.75) is 20.5 Å². The zero-order chi connectivity index (χ0) is 19.5. The van der Waals surface area contributed by atoms with E-state index in [1.165, 1.54) is 0 Å². The van der Waals surface area contributed by atoms with Gasteiger partial charge in [-0.3, -0.25) is 4.79 Å². The van der Waals surface area contributed by atoms with Crippen LogP contribution in [0, 0.1) is 13.8 Å². The molecule has 0 saturated heterocycles. The van der Waals surface area contributed by atoms with Crippen LogP contribution in [0.1, 0.15) is 27.4 Å². The lowest BCUT2D eigenvalue weighted by Crippen LogP contribution is -2.12. The first kappa shape index (κ1) is 17.8. The third kappa shape index (κ3) is 3.74. The van der Waals surface area contributed by atoms with Crippen molar-refractivity contribution >= 4 is 22.4 Å². The molecule has 140 valence electrons. The van der Waals surface area contributed by atoms with Gasteiger partial charge >= 0.3 is 0 Å². The van der Waals surface area contributed by atoms with E-state index >= 15 is 0 Å². The van der Waals surface area contributed by atoms with Gasteiger partial charge in [0.25, 0.3) is 5.91 Å². The Morgan fingerprint density at radius 3 is 2.61 bits per heavy atom. The molecule has 0 aliphatic carbocycles. The second-order valence-corrected chi connectivity index (χ2v) is 6.64. The van der Waals surface area contributed by atoms with E-state index in [0.717, 1.165) is 33.5 Å². The van der Waals surface area contributed by atoms with Crippen LogP contribution in [0.25, 0.3) is 10.8 Å². The maximum atomic E-state index is 12.7. The van der Waals surface area contributed by atoms with Crippen LogP contribution in [0.3, 0.4) is 0 Å². The summed E-state index contributed by atoms with van der Waals surface area (Å²) in [7, 11) is 0. The third-order valence-electron chi connectivity index (χ3n) is 4.67. The van der Waals surface area contributed by atoms with Gasteiger partial charge < -0.3 is 14.6 Å². The predicted molar refractivity (Wildman–Crippen MR) is 109 cm³/mol. The Balaban J connectivity index is 1.47. The van der Waals surface area contributed by atoms with Crippen molar-refractivity contribution < 1.29 is 14.1 Å². The quantitative estimate of drug-likeness (QED) is 0.518. The summed E-state index contributed by atoms with van der Waals surface area (Å²) in [5.74, 6) is 1.17. The lowest BCUT2D eigenvalue weighted by Gasteiger charge is -2.09. The van der Waals surface area contributed by atoms with Crippen LogP contribution in [-0.2, 0) is 6.61 Å². The molecule has 1 heterocycles. The molecule has 28 heavy (non-hydrogen) atoms. The van der Waals surface area contributed by atoms with Gasteiger partial charge in [0.05, 0.1) is 11.3 Å². The number of anilines is 1. The molecule has 1 aromatic heterocycles. The van der Waals surface area contributed by atoms with Crippen molar-refractivity contribution in [1.29, 1.82) is 0 Å². The highest BCUT2D eigenvalue weighted by Gasteiger charge is 2.11. The van der Waals surface area contributed by atoms with Gasteiger partial charge in [-0.15, -0.1) is 0 Å². The molecule has 0 unspecified atom stereocenters. The Labute approximate surface area is 162 Å². The minimum absolute atomic E-state index is 0.182. The first-order valence-corrected chi connectivity index (χ1v) is 9.05. The number of hydrogen-bond donors (Lipinski definition) is 1. The Bertz CT molecular complexity index is 1130. The van der Waals surface area contributed by atoms with Crippen LogP contribution in [0.4, 0.5) is 5.69 Å². The molecule has 5 nitrogen and oxygen atoms in total. The number of aryl methyl sites for hydroxylation is 2. The summed E-state index contributed by atoms with van der Waals surface area (Å²) in [6.45, 7) is 4.08. The lowest BCUT2D eigenvalue weighted by molar-refractivity contribution is 0.102. The smallest absolute Gasteiger partial charge is 0.255 e. The summed E-state index contributed by atoms with van der Waals surface area (Å²) in [4.78, 5) is 12.7. The number of amides is 1. The molecule has 0 spiro atoms. The van der Waals surface area contributed by atoms with Crippen molar-refractivity contribution in [3.05, 3.63) is 89.3 Å². The fraction of sp³-hybridized carbons (Fsp3) is 0.130. The highest BCUT2D eigenvalue weighted by Crippen LogP contribution is 2.21. The van der Waals surface area contributed by atoms with Crippen molar-refractivity contribution in [1.82, 2.24) is 5.16 Å². The number of nitrogens with one attached hydrogen (secondary N) is 1. The highest BCUT2D eigenvalue weighted by atomic mass is 16.5. The summed E-state index contributed by atoms with van der Waals surface area (Å²) >= 11 is 0. The lowest BCUT2D eigenvalue weighted by atomic mass is 10.1. The highest BCUT2D eigenvalue weighted by molar-refractivity contribution is 6.05. The molecule has 4 aromatic rings. The normalized spacial score (nSPS) is 10.8. The van der Waals surface area contributed by atoms with Crippen LogP contribution in [0.15, 0.2) is 71.3 Å². The first-order valence-electron chi connectivity index (χ1n) is 9.05. The van der Waals surface area contributed by atoms with Crippen molar-refractivity contribution in [2.24, 2.45) is 0 Å². The minimum Gasteiger partial charge on any atom is -0.489 e. The molecule has 0 saturated carbocycles. The van der Waals surface area contributed by atoms with Crippen LogP contribution in [0.2, 0.25) is 0 Å². The fourth-order valence-electron chi connectivity index (χ4n) is 3.06. The Hall–Kier alpha value is -3.60. The third-order valence-corrected chi connectivity index (χ3v) is 4.67. The number of ether oxygens (including phenoxy) is 1. The zero-order valence-corrected chi connectivity index (χ0v) is 15.7. The van der Waals surface area contributed by atoms with E-state index in [1.807, 2.05) is 62.4 Å². The van der Waals surface area contributed by atoms with Crippen LogP contribution in [-0.4, -0.2) is 11.1 Å². The standard InChI is InChI=1S/C23H20N2O3/c1-15-22(16(2)28-25-15)14-27-21-9-5-8-19(13-21)23(26)24-20-11-10-17-6-3-4-7-18(17)12-20/h3-13H,14H2,1-2H3,(H,24,26). The van der Waals surface area contributed by atoms with Gasteiger partial charge in [-0.1, -0.05) is 41.6 Å². The molecular formula is C23H20N2O3. The maximum Gasteiger partial charge on any atom is 0.255 e. The number of carbonyl (C=O) groups is 1. The van der Waals surface area contributed by atoms with Crippen LogP contribution >= 0.6 is 0 Å². The summed E-state index contributed by atoms with van der Waals surface area (Å²) < 4.78 is 11.0. The topological polar surface area (TPSA) is 64.4 Å². The molecule has 4 rings (SSSR count). The van der Waals surface area contributed by atoms with Gasteiger partial charge in [-0.05, 0) is 55.0 Å². The Morgan fingerprint density at radius 1 is 1.00 bits per heavy atom. The number of aromatic nitrogens is 1. The number of hydrogen-bond acceptors (Lipinski definition) is 4. The average Bonchev–Trinajstić information content (AvgIpc) is 3.04. The number of nitrogens with zero attached hydrogens (tertiary/aromatic N) is 1. The molecular weight excluding hydrogens is 352 g/mol. The van der Waals surface area contributed by atoms with Gasteiger partial charge in [0, 0.05) is 11.3 Å². The minimum atomic E-state index is -0.182. The van der Waals surface area contributed by atoms with E-state index in [2.05, 4.69) is 10.5 Å². The zero-order valence-electron chi connectivity index (χ0n) is 15.7. The molecule has 0 bridgehead atoms. The largest absolute Gasteiger partial charge is 0.489 e. The molecule has 0 aliphatic rings. The number of benzene rings is 3. The van der Waals surface area contributed by atoms with Crippen molar-refractivity contribution in [2.75, 3.05) is 5.32 Å². The van der Waals surface area contributed by atoms with Gasteiger partial charge in [0.2, 0.25) is 0 Å². The molecule has 0 aliphatic heterocycles. The van der Waals surface area contributed by atoms with E-state index < -0.39 is 0 Å². The summed E-state index contributed by atoms with van der Waals surface area (Å²) in [5, 5.41) is 9.08. The van der Waals surface area contributed by atoms with Gasteiger partial charge in [0.15, 0.2) is 0 Å². The molecule has 0 radical (unpaired) electrons. The molecule has 0 fully saturated rings. The Kier molecular flexibility index (Phi) is 4.81. The average molecular weight is 372 g/mol. The van der Waals surface area contributed by atoms with Crippen LogP contribution in [0.5, 0.6) is 5.75 Å². The van der Waals surface area contributed by atoms with Gasteiger partial charge in [0.1, 0.15) is 18.1 Å². The maximum absolute atomic E-state index is 12.7. The van der Waals surface area contributed by atoms with E-state index in [0.29, 0.717) is 17.9 Å². The van der Waals surface area contributed by atoms with E-state index in [9.17, 15) is 4.79 Å². The van der Waals surface area contributed by atoms with Crippen molar-refractivity contribution in [3.63, 3.8) is 0 Å². The summed E-state index contributed by atoms with van der Waals surface area (Å²) in [6.07, 6.45) is 0. The molecule has 5 heteroatoms. The van der Waals surface area contributed by atoms with Gasteiger partial charge in [-0.2, -0.15) is 0 Å². The first-order chi connectivity index (χ1) is 13.6. The van der Waals surface area contributed by atoms with E-state index in [1.54, 1.807) is 18.2 Å². The Morgan fingerprint density at radius 2 is 1.82 bits per heavy atom. The second-order valence-electron chi connectivity index (χ2n) is 6.64. The van der Waals surface area contributed by atoms with Crippen molar-refractivity contribution in [3.8, 4) is 5.75 Å². The number of carbonyl (C=O) groups excluding carboxylic acids is 1. The van der Waals surface area contributed by atoms with Gasteiger partial charge in [-0.25, -0.2) is 0 Å². The second kappa shape index (κ2) is 7.56. The SMILES string of the molecule is Cc1noc(C)c1COc1cccc(C(=O)Nc2ccc3ccccc3c2)c1.